The quantitative estimate of drug-likeness (QED) is 0.181. The predicted molar refractivity (Wildman–Crippen MR) is 148 cm³/mol. The van der Waals surface area contributed by atoms with Crippen LogP contribution in [0, 0.1) is 17.8 Å². The molecule has 2 amide bonds. The molecule has 3 heterocycles. The van der Waals surface area contributed by atoms with Crippen LogP contribution in [0.1, 0.15) is 72.1 Å². The Morgan fingerprint density at radius 2 is 2.03 bits per heavy atom. The standard InChI is InChI=1S/C29H46N2O5S/c1-6-9-10-13-18-36-28(35)23-22-19-20(4)29(37-22)24(23)26(33)31(16-11-12-17-32)25(29)27(34)30(15-8-3)21(5)14-7-2/h6,8,20-25,32H,1,3,7,9-19H2,2,4-5H3/t20?,21?,22-,23+,24+,25?,29?/m1/s1. The van der Waals surface area contributed by atoms with Crippen LogP contribution in [-0.2, 0) is 19.1 Å². The van der Waals surface area contributed by atoms with Crippen LogP contribution in [0.5, 0.6) is 0 Å². The Labute approximate surface area is 227 Å². The molecule has 3 aliphatic rings. The largest absolute Gasteiger partial charge is 0.465 e. The molecule has 1 N–H and O–H groups in total. The second kappa shape index (κ2) is 13.3. The van der Waals surface area contributed by atoms with E-state index in [1.54, 1.807) is 22.7 Å². The van der Waals surface area contributed by atoms with Crippen molar-refractivity contribution >= 4 is 29.5 Å². The van der Waals surface area contributed by atoms with Crippen molar-refractivity contribution in [2.75, 3.05) is 26.3 Å². The summed E-state index contributed by atoms with van der Waals surface area (Å²) in [6.07, 6.45) is 9.96. The number of esters is 1. The topological polar surface area (TPSA) is 87.1 Å². The summed E-state index contributed by atoms with van der Waals surface area (Å²) >= 11 is 1.69. The number of ether oxygens (including phenoxy) is 1. The fourth-order valence-corrected chi connectivity index (χ4v) is 9.12. The maximum absolute atomic E-state index is 14.4. The number of hydrogen-bond acceptors (Lipinski definition) is 6. The number of carbonyl (C=O) groups is 3. The molecule has 0 radical (unpaired) electrons. The summed E-state index contributed by atoms with van der Waals surface area (Å²) in [6, 6.07) is -0.603. The van der Waals surface area contributed by atoms with Gasteiger partial charge in [-0.3, -0.25) is 14.4 Å². The number of thioether (sulfide) groups is 1. The smallest absolute Gasteiger partial charge is 0.310 e. The van der Waals surface area contributed by atoms with Gasteiger partial charge in [-0.15, -0.1) is 24.9 Å². The number of aliphatic hydroxyl groups excluding tert-OH is 1. The van der Waals surface area contributed by atoms with Gasteiger partial charge in [0.25, 0.3) is 0 Å². The van der Waals surface area contributed by atoms with Crippen LogP contribution in [-0.4, -0.2) is 81.1 Å². The van der Waals surface area contributed by atoms with Gasteiger partial charge in [0.15, 0.2) is 0 Å². The molecule has 7 atom stereocenters. The number of fused-ring (bicyclic) bond motifs is 1. The zero-order valence-electron chi connectivity index (χ0n) is 22.9. The van der Waals surface area contributed by atoms with Crippen molar-refractivity contribution in [2.24, 2.45) is 17.8 Å². The highest BCUT2D eigenvalue weighted by Gasteiger charge is 2.76. The molecule has 0 aromatic heterocycles. The first-order chi connectivity index (χ1) is 17.8. The third-order valence-corrected chi connectivity index (χ3v) is 10.5. The van der Waals surface area contributed by atoms with Crippen molar-refractivity contribution in [1.29, 1.82) is 0 Å². The molecule has 7 nitrogen and oxygen atoms in total. The first-order valence-corrected chi connectivity index (χ1v) is 15.0. The van der Waals surface area contributed by atoms with Crippen LogP contribution in [0.3, 0.4) is 0 Å². The van der Waals surface area contributed by atoms with Gasteiger partial charge in [0.05, 0.1) is 23.2 Å². The normalized spacial score (nSPS) is 30.8. The molecule has 0 saturated carbocycles. The van der Waals surface area contributed by atoms with Crippen LogP contribution >= 0.6 is 11.8 Å². The molecule has 208 valence electrons. The maximum Gasteiger partial charge on any atom is 0.310 e. The van der Waals surface area contributed by atoms with E-state index >= 15 is 0 Å². The van der Waals surface area contributed by atoms with Crippen LogP contribution in [0.15, 0.2) is 25.3 Å². The second-order valence-corrected chi connectivity index (χ2v) is 12.4. The van der Waals surface area contributed by atoms with Crippen LogP contribution in [0.25, 0.3) is 0 Å². The van der Waals surface area contributed by atoms with Gasteiger partial charge in [0.1, 0.15) is 6.04 Å². The van der Waals surface area contributed by atoms with E-state index in [0.717, 1.165) is 38.5 Å². The fraction of sp³-hybridized carbons (Fsp3) is 0.759. The van der Waals surface area contributed by atoms with Gasteiger partial charge in [-0.2, -0.15) is 0 Å². The van der Waals surface area contributed by atoms with Gasteiger partial charge >= 0.3 is 5.97 Å². The summed E-state index contributed by atoms with van der Waals surface area (Å²) in [4.78, 5) is 45.4. The average molecular weight is 535 g/mol. The van der Waals surface area contributed by atoms with E-state index in [2.05, 4.69) is 33.9 Å². The lowest BCUT2D eigenvalue weighted by Gasteiger charge is -2.41. The van der Waals surface area contributed by atoms with E-state index in [0.29, 0.717) is 32.5 Å². The summed E-state index contributed by atoms with van der Waals surface area (Å²) in [5.74, 6) is -1.40. The summed E-state index contributed by atoms with van der Waals surface area (Å²) in [5.41, 5.74) is 0. The molecule has 3 fully saturated rings. The van der Waals surface area contributed by atoms with Crippen LogP contribution in [0.4, 0.5) is 0 Å². The third kappa shape index (κ3) is 5.65. The van der Waals surface area contributed by atoms with Crippen LogP contribution < -0.4 is 0 Å². The maximum atomic E-state index is 14.4. The van der Waals surface area contributed by atoms with Crippen molar-refractivity contribution in [2.45, 2.75) is 94.2 Å². The minimum Gasteiger partial charge on any atom is -0.465 e. The van der Waals surface area contributed by atoms with Gasteiger partial charge in [-0.25, -0.2) is 0 Å². The zero-order valence-corrected chi connectivity index (χ0v) is 23.7. The number of amides is 2. The summed E-state index contributed by atoms with van der Waals surface area (Å²) < 4.78 is 5.06. The lowest BCUT2D eigenvalue weighted by atomic mass is 9.66. The van der Waals surface area contributed by atoms with Gasteiger partial charge in [0.2, 0.25) is 11.8 Å². The summed E-state index contributed by atoms with van der Waals surface area (Å²) in [5, 5.41) is 9.36. The van der Waals surface area contributed by atoms with Crippen molar-refractivity contribution in [3.63, 3.8) is 0 Å². The molecular formula is C29H46N2O5S. The highest BCUT2D eigenvalue weighted by Crippen LogP contribution is 2.68. The van der Waals surface area contributed by atoms with E-state index in [1.807, 2.05) is 11.0 Å². The number of aliphatic hydroxyl groups is 1. The number of carbonyl (C=O) groups excluding carboxylic acids is 3. The molecule has 0 aliphatic carbocycles. The van der Waals surface area contributed by atoms with Gasteiger partial charge in [0, 0.05) is 31.0 Å². The molecule has 37 heavy (non-hydrogen) atoms. The molecule has 0 aromatic carbocycles. The minimum atomic E-state index is -0.643. The lowest BCUT2D eigenvalue weighted by Crippen LogP contribution is -2.58. The first-order valence-electron chi connectivity index (χ1n) is 14.1. The molecule has 2 bridgehead atoms. The first kappa shape index (κ1) is 29.8. The van der Waals surface area contributed by atoms with Crippen molar-refractivity contribution in [1.82, 2.24) is 9.80 Å². The SMILES string of the molecule is C=CCCCCOC(=O)[C@@H]1[C@H]2C(=O)N(CCCCO)C(C(=O)N(CC=C)C(C)CCC)C23S[C@@H]1CC3C. The number of hydrogen-bond donors (Lipinski definition) is 1. The lowest BCUT2D eigenvalue weighted by molar-refractivity contribution is -0.154. The molecule has 3 aliphatic heterocycles. The number of nitrogens with zero attached hydrogens (tertiary/aromatic N) is 2. The van der Waals surface area contributed by atoms with E-state index in [4.69, 9.17) is 4.74 Å². The van der Waals surface area contributed by atoms with E-state index in [-0.39, 0.29) is 41.6 Å². The van der Waals surface area contributed by atoms with E-state index in [9.17, 15) is 19.5 Å². The molecule has 3 saturated heterocycles. The fourth-order valence-electron chi connectivity index (χ4n) is 6.72. The highest BCUT2D eigenvalue weighted by molar-refractivity contribution is 8.02. The number of allylic oxidation sites excluding steroid dienone is 1. The van der Waals surface area contributed by atoms with Crippen molar-refractivity contribution < 1.29 is 24.2 Å². The Morgan fingerprint density at radius 3 is 2.68 bits per heavy atom. The number of unbranched alkanes of at least 4 members (excludes halogenated alkanes) is 3. The molecular weight excluding hydrogens is 488 g/mol. The molecule has 8 heteroatoms. The Bertz CT molecular complexity index is 850. The van der Waals surface area contributed by atoms with Gasteiger partial charge < -0.3 is 19.6 Å². The minimum absolute atomic E-state index is 0.0135. The Morgan fingerprint density at radius 1 is 1.27 bits per heavy atom. The zero-order chi connectivity index (χ0) is 27.2. The second-order valence-electron chi connectivity index (χ2n) is 10.9. The Balaban J connectivity index is 1.94. The molecule has 0 aromatic rings. The van der Waals surface area contributed by atoms with E-state index in [1.165, 1.54) is 0 Å². The summed E-state index contributed by atoms with van der Waals surface area (Å²) in [7, 11) is 0. The number of likely N-dealkylation sites (tertiary alicyclic amines) is 1. The molecule has 1 spiro atoms. The summed E-state index contributed by atoms with van der Waals surface area (Å²) in [6.45, 7) is 15.1. The Hall–Kier alpha value is -1.80. The highest BCUT2D eigenvalue weighted by atomic mass is 32.2. The van der Waals surface area contributed by atoms with Crippen LogP contribution in [0.2, 0.25) is 0 Å². The van der Waals surface area contributed by atoms with Crippen molar-refractivity contribution in [3.8, 4) is 0 Å². The van der Waals surface area contributed by atoms with Gasteiger partial charge in [-0.1, -0.05) is 32.4 Å². The monoisotopic (exact) mass is 534 g/mol. The van der Waals surface area contributed by atoms with E-state index < -0.39 is 22.6 Å². The Kier molecular flexibility index (Phi) is 10.7. The van der Waals surface area contributed by atoms with Crippen molar-refractivity contribution in [3.05, 3.63) is 25.3 Å². The predicted octanol–water partition coefficient (Wildman–Crippen LogP) is 4.20. The number of rotatable bonds is 16. The molecule has 4 unspecified atom stereocenters. The third-order valence-electron chi connectivity index (χ3n) is 8.45. The van der Waals surface area contributed by atoms with Gasteiger partial charge in [-0.05, 0) is 57.8 Å². The molecule has 3 rings (SSSR count). The average Bonchev–Trinajstić information content (AvgIpc) is 3.46.